The molecule has 2 rings (SSSR count). The smallest absolute Gasteiger partial charge is 0.239 e. The van der Waals surface area contributed by atoms with Crippen molar-refractivity contribution in [1.82, 2.24) is 9.97 Å². The summed E-state index contributed by atoms with van der Waals surface area (Å²) in [6, 6.07) is 4.05. The summed E-state index contributed by atoms with van der Waals surface area (Å²) in [7, 11) is 0. The van der Waals surface area contributed by atoms with E-state index in [9.17, 15) is 4.39 Å². The zero-order valence-electron chi connectivity index (χ0n) is 10.6. The second-order valence-electron chi connectivity index (χ2n) is 4.04. The summed E-state index contributed by atoms with van der Waals surface area (Å²) >= 11 is 1.64. The highest BCUT2D eigenvalue weighted by Crippen LogP contribution is 2.27. The molecule has 0 saturated carbocycles. The summed E-state index contributed by atoms with van der Waals surface area (Å²) in [5.41, 5.74) is 2.31. The second kappa shape index (κ2) is 6.44. The first-order chi connectivity index (χ1) is 9.24. The Bertz CT molecular complexity index is 517. The fourth-order valence-electron chi connectivity index (χ4n) is 1.77. The molecule has 19 heavy (non-hydrogen) atoms. The molecule has 0 aromatic carbocycles. The van der Waals surface area contributed by atoms with Gasteiger partial charge in [0.25, 0.3) is 0 Å². The van der Waals surface area contributed by atoms with E-state index in [1.54, 1.807) is 11.3 Å². The van der Waals surface area contributed by atoms with Crippen LogP contribution in [0.2, 0.25) is 0 Å². The molecule has 2 heterocycles. The van der Waals surface area contributed by atoms with E-state index in [1.165, 1.54) is 0 Å². The number of hydrogen-bond acceptors (Lipinski definition) is 6. The maximum atomic E-state index is 13.7. The highest BCUT2D eigenvalue weighted by Gasteiger charge is 2.15. The molecule has 0 aliphatic carbocycles. The van der Waals surface area contributed by atoms with Crippen LogP contribution in [0.3, 0.4) is 0 Å². The van der Waals surface area contributed by atoms with Gasteiger partial charge in [-0.3, -0.25) is 5.43 Å². The summed E-state index contributed by atoms with van der Waals surface area (Å²) in [5, 5.41) is 5.12. The molecular formula is C12H16FN5S. The van der Waals surface area contributed by atoms with Crippen LogP contribution in [0.25, 0.3) is 0 Å². The van der Waals surface area contributed by atoms with Gasteiger partial charge in [-0.1, -0.05) is 19.4 Å². The fourth-order valence-corrected chi connectivity index (χ4v) is 2.58. The lowest BCUT2D eigenvalue weighted by atomic mass is 10.1. The van der Waals surface area contributed by atoms with E-state index >= 15 is 0 Å². The van der Waals surface area contributed by atoms with Crippen molar-refractivity contribution in [1.29, 1.82) is 0 Å². The lowest BCUT2D eigenvalue weighted by Crippen LogP contribution is -2.15. The number of aromatic nitrogens is 2. The van der Waals surface area contributed by atoms with Gasteiger partial charge in [-0.2, -0.15) is 4.98 Å². The van der Waals surface area contributed by atoms with Crippen molar-refractivity contribution in [2.75, 3.05) is 10.7 Å². The van der Waals surface area contributed by atoms with Crippen LogP contribution in [0.4, 0.5) is 16.2 Å². The summed E-state index contributed by atoms with van der Waals surface area (Å²) in [5.74, 6) is 5.09. The third kappa shape index (κ3) is 3.39. The van der Waals surface area contributed by atoms with E-state index < -0.39 is 5.82 Å². The second-order valence-corrected chi connectivity index (χ2v) is 5.01. The molecule has 0 spiro atoms. The predicted molar refractivity (Wildman–Crippen MR) is 75.4 cm³/mol. The van der Waals surface area contributed by atoms with Crippen molar-refractivity contribution in [3.63, 3.8) is 0 Å². The molecule has 0 aliphatic heterocycles. The van der Waals surface area contributed by atoms with Crippen molar-refractivity contribution >= 4 is 23.1 Å². The number of nitrogens with one attached hydrogen (secondary N) is 2. The number of hydrogen-bond donors (Lipinski definition) is 3. The van der Waals surface area contributed by atoms with E-state index in [-0.39, 0.29) is 17.8 Å². The molecule has 0 fully saturated rings. The Labute approximate surface area is 115 Å². The molecule has 4 N–H and O–H groups in total. The van der Waals surface area contributed by atoms with Gasteiger partial charge in [0, 0.05) is 4.88 Å². The third-order valence-corrected chi connectivity index (χ3v) is 3.63. The fraction of sp³-hybridized carbons (Fsp3) is 0.333. The van der Waals surface area contributed by atoms with E-state index in [2.05, 4.69) is 27.6 Å². The first-order valence-electron chi connectivity index (χ1n) is 6.03. The maximum Gasteiger partial charge on any atom is 0.239 e. The van der Waals surface area contributed by atoms with Crippen LogP contribution in [0.1, 0.15) is 30.7 Å². The van der Waals surface area contributed by atoms with Gasteiger partial charge in [0.1, 0.15) is 0 Å². The van der Waals surface area contributed by atoms with Crippen molar-refractivity contribution in [3.8, 4) is 0 Å². The molecule has 0 amide bonds. The van der Waals surface area contributed by atoms with Gasteiger partial charge < -0.3 is 5.32 Å². The van der Waals surface area contributed by atoms with Crippen molar-refractivity contribution in [3.05, 3.63) is 34.4 Å². The van der Waals surface area contributed by atoms with Crippen LogP contribution in [0, 0.1) is 5.82 Å². The Balaban J connectivity index is 2.21. The van der Waals surface area contributed by atoms with E-state index in [1.807, 2.05) is 17.5 Å². The molecule has 2 aromatic heterocycles. The monoisotopic (exact) mass is 281 g/mol. The molecule has 0 radical (unpaired) electrons. The Kier molecular flexibility index (Phi) is 4.64. The van der Waals surface area contributed by atoms with Crippen molar-refractivity contribution in [2.45, 2.75) is 25.8 Å². The number of nitrogens with zero attached hydrogens (tertiary/aromatic N) is 2. The average molecular weight is 281 g/mol. The van der Waals surface area contributed by atoms with E-state index in [0.717, 1.165) is 23.9 Å². The zero-order chi connectivity index (χ0) is 13.7. The molecule has 7 heteroatoms. The molecule has 1 unspecified atom stereocenters. The predicted octanol–water partition coefficient (Wildman–Crippen LogP) is 2.92. The van der Waals surface area contributed by atoms with Crippen LogP contribution < -0.4 is 16.6 Å². The number of hydrazine groups is 1. The molecule has 0 bridgehead atoms. The van der Waals surface area contributed by atoms with Crippen LogP contribution in [0.15, 0.2) is 23.7 Å². The Morgan fingerprint density at radius 3 is 3.00 bits per heavy atom. The minimum absolute atomic E-state index is 0.0417. The molecule has 5 nitrogen and oxygen atoms in total. The molecule has 1 atom stereocenters. The lowest BCUT2D eigenvalue weighted by Gasteiger charge is -2.18. The topological polar surface area (TPSA) is 75.9 Å². The standard InChI is InChI=1S/C12H16FN5S/c1-2-4-9(10-5-3-6-19-10)16-11-8(13)7-15-12(17-11)18-14/h3,5-7,9H,2,4,14H2,1H3,(H2,15,16,17,18). The summed E-state index contributed by atoms with van der Waals surface area (Å²) in [4.78, 5) is 8.86. The van der Waals surface area contributed by atoms with Gasteiger partial charge in [-0.25, -0.2) is 15.2 Å². The number of halogens is 1. The van der Waals surface area contributed by atoms with Crippen molar-refractivity contribution < 1.29 is 4.39 Å². The Morgan fingerprint density at radius 2 is 2.37 bits per heavy atom. The SMILES string of the molecule is CCCC(Nc1nc(NN)ncc1F)c1cccs1. The van der Waals surface area contributed by atoms with Gasteiger partial charge in [0.05, 0.1) is 12.2 Å². The highest BCUT2D eigenvalue weighted by atomic mass is 32.1. The summed E-state index contributed by atoms with van der Waals surface area (Å²) in [6.07, 6.45) is 2.99. The van der Waals surface area contributed by atoms with Gasteiger partial charge in [0.15, 0.2) is 11.6 Å². The number of nitrogen functional groups attached to an aromatic ring is 1. The van der Waals surface area contributed by atoms with Crippen LogP contribution in [-0.4, -0.2) is 9.97 Å². The van der Waals surface area contributed by atoms with Crippen LogP contribution in [-0.2, 0) is 0 Å². The van der Waals surface area contributed by atoms with Crippen LogP contribution in [0.5, 0.6) is 0 Å². The summed E-state index contributed by atoms with van der Waals surface area (Å²) < 4.78 is 13.7. The van der Waals surface area contributed by atoms with Gasteiger partial charge in [-0.15, -0.1) is 11.3 Å². The third-order valence-electron chi connectivity index (χ3n) is 2.65. The molecule has 0 saturated heterocycles. The van der Waals surface area contributed by atoms with E-state index in [4.69, 9.17) is 5.84 Å². The minimum Gasteiger partial charge on any atom is -0.360 e. The minimum atomic E-state index is -0.489. The number of anilines is 2. The highest BCUT2D eigenvalue weighted by molar-refractivity contribution is 7.10. The van der Waals surface area contributed by atoms with E-state index in [0.29, 0.717) is 0 Å². The average Bonchev–Trinajstić information content (AvgIpc) is 2.94. The molecule has 0 aliphatic rings. The number of thiophene rings is 1. The number of rotatable bonds is 6. The summed E-state index contributed by atoms with van der Waals surface area (Å²) in [6.45, 7) is 2.09. The van der Waals surface area contributed by atoms with Crippen LogP contribution >= 0.6 is 11.3 Å². The maximum absolute atomic E-state index is 13.7. The van der Waals surface area contributed by atoms with Gasteiger partial charge in [-0.05, 0) is 17.9 Å². The lowest BCUT2D eigenvalue weighted by molar-refractivity contribution is 0.606. The van der Waals surface area contributed by atoms with Gasteiger partial charge >= 0.3 is 0 Å². The Morgan fingerprint density at radius 1 is 1.53 bits per heavy atom. The normalized spacial score (nSPS) is 12.2. The Hall–Kier alpha value is -1.73. The molecule has 102 valence electrons. The van der Waals surface area contributed by atoms with Crippen molar-refractivity contribution in [2.24, 2.45) is 5.84 Å². The largest absolute Gasteiger partial charge is 0.360 e. The number of nitrogens with two attached hydrogens (primary N) is 1. The molecule has 2 aromatic rings. The van der Waals surface area contributed by atoms with Gasteiger partial charge in [0.2, 0.25) is 5.95 Å². The zero-order valence-corrected chi connectivity index (χ0v) is 11.4. The first-order valence-corrected chi connectivity index (χ1v) is 6.91. The molecular weight excluding hydrogens is 265 g/mol. The first kappa shape index (κ1) is 13.7. The quantitative estimate of drug-likeness (QED) is 0.560.